The molecule has 226 valence electrons. The van der Waals surface area contributed by atoms with Gasteiger partial charge in [-0.25, -0.2) is 8.42 Å². The van der Waals surface area contributed by atoms with Crippen LogP contribution in [0.4, 0.5) is 26.3 Å². The lowest BCUT2D eigenvalue weighted by Crippen LogP contribution is -2.49. The summed E-state index contributed by atoms with van der Waals surface area (Å²) in [7, 11) is -4.41. The highest BCUT2D eigenvalue weighted by atomic mass is 32.2. The highest BCUT2D eigenvalue weighted by molar-refractivity contribution is 7.89. The predicted molar refractivity (Wildman–Crippen MR) is 140 cm³/mol. The van der Waals surface area contributed by atoms with Gasteiger partial charge in [0, 0.05) is 13.6 Å². The summed E-state index contributed by atoms with van der Waals surface area (Å²) in [5, 5.41) is 2.63. The lowest BCUT2D eigenvalue weighted by molar-refractivity contribution is -0.173. The van der Waals surface area contributed by atoms with Crippen molar-refractivity contribution in [3.8, 4) is 0 Å². The van der Waals surface area contributed by atoms with E-state index in [-0.39, 0.29) is 10.4 Å². The minimum atomic E-state index is -5.16. The number of nitrogens with zero attached hydrogens (tertiary/aromatic N) is 2. The third-order valence-corrected chi connectivity index (χ3v) is 9.61. The van der Waals surface area contributed by atoms with E-state index >= 15 is 0 Å². The van der Waals surface area contributed by atoms with Crippen LogP contribution < -0.4 is 5.32 Å². The zero-order chi connectivity index (χ0) is 30.0. The average molecular weight is 606 g/mol. The van der Waals surface area contributed by atoms with Crippen molar-refractivity contribution in [3.63, 3.8) is 0 Å². The number of carbonyl (C=O) groups is 1. The molecule has 0 bridgehead atoms. The number of alkyl halides is 6. The molecule has 1 amide bonds. The van der Waals surface area contributed by atoms with Crippen molar-refractivity contribution in [2.45, 2.75) is 80.8 Å². The molecule has 1 saturated heterocycles. The van der Waals surface area contributed by atoms with Gasteiger partial charge in [0.05, 0.1) is 22.9 Å². The summed E-state index contributed by atoms with van der Waals surface area (Å²) in [6, 6.07) is 5.10. The summed E-state index contributed by atoms with van der Waals surface area (Å²) in [5.41, 5.74) is 1.66. The molecule has 13 heteroatoms. The summed E-state index contributed by atoms with van der Waals surface area (Å²) in [5.74, 6) is -1.01. The van der Waals surface area contributed by atoms with E-state index in [2.05, 4.69) is 16.3 Å². The maximum atomic E-state index is 14.0. The Bertz CT molecular complexity index is 1340. The molecule has 1 N–H and O–H groups in total. The smallest absolute Gasteiger partial charge is 0.349 e. The molecule has 1 aliphatic heterocycles. The van der Waals surface area contributed by atoms with Gasteiger partial charge < -0.3 is 5.32 Å². The summed E-state index contributed by atoms with van der Waals surface area (Å²) in [6.45, 7) is 2.88. The Morgan fingerprint density at radius 1 is 1.02 bits per heavy atom. The Labute approximate surface area is 235 Å². The number of carbonyl (C=O) groups excluding carboxylic acids is 1. The van der Waals surface area contributed by atoms with Crippen LogP contribution in [0.25, 0.3) is 0 Å². The third-order valence-electron chi connectivity index (χ3n) is 7.75. The Morgan fingerprint density at radius 2 is 1.73 bits per heavy atom. The number of halogens is 6. The fourth-order valence-electron chi connectivity index (χ4n) is 5.54. The molecule has 1 fully saturated rings. The van der Waals surface area contributed by atoms with E-state index in [9.17, 15) is 39.6 Å². The van der Waals surface area contributed by atoms with Crippen molar-refractivity contribution in [2.24, 2.45) is 0 Å². The Kier molecular flexibility index (Phi) is 9.39. The van der Waals surface area contributed by atoms with E-state index in [0.717, 1.165) is 74.1 Å². The predicted octanol–water partition coefficient (Wildman–Crippen LogP) is 5.83. The van der Waals surface area contributed by atoms with Gasteiger partial charge in [-0.3, -0.25) is 9.69 Å². The van der Waals surface area contributed by atoms with Crippen molar-refractivity contribution in [3.05, 3.63) is 64.7 Å². The van der Waals surface area contributed by atoms with Crippen molar-refractivity contribution in [2.75, 3.05) is 20.1 Å². The van der Waals surface area contributed by atoms with Crippen LogP contribution in [0, 0.1) is 0 Å². The second-order valence-corrected chi connectivity index (χ2v) is 12.7. The van der Waals surface area contributed by atoms with E-state index < -0.39 is 57.2 Å². The van der Waals surface area contributed by atoms with Crippen LogP contribution in [0.3, 0.4) is 0 Å². The highest BCUT2D eigenvalue weighted by Crippen LogP contribution is 2.35. The summed E-state index contributed by atoms with van der Waals surface area (Å²) in [4.78, 5) is 14.3. The van der Waals surface area contributed by atoms with Crippen LogP contribution >= 0.6 is 0 Å². The molecule has 0 spiro atoms. The molecular formula is C28H33F6N3O3S. The summed E-state index contributed by atoms with van der Waals surface area (Å²) < 4.78 is 107. The van der Waals surface area contributed by atoms with Crippen LogP contribution in [0.1, 0.15) is 66.8 Å². The molecule has 0 aromatic heterocycles. The minimum absolute atomic E-state index is 0.0796. The Hall–Kier alpha value is -2.64. The molecule has 1 heterocycles. The standard InChI is InChI=1S/C28H33F6N3O3S/c1-36(41(39,40)22-9-6-8-21(16-22)27(29,30)31)25(28(32,33)34)17-26(38)35-24-10-5-7-20-15-19(11-12-23(20)24)18-37-13-3-2-4-14-37/h6,8-9,11-12,15-16,24-25H,2-5,7,10,13-14,17-18H2,1H3,(H,35,38)/t24-,25?/m1/s1. The molecule has 2 aliphatic rings. The first-order chi connectivity index (χ1) is 19.2. The molecule has 41 heavy (non-hydrogen) atoms. The van der Waals surface area contributed by atoms with Gasteiger partial charge in [0.2, 0.25) is 15.9 Å². The van der Waals surface area contributed by atoms with E-state index in [1.807, 2.05) is 12.1 Å². The molecule has 2 aromatic carbocycles. The van der Waals surface area contributed by atoms with Crippen LogP contribution in [-0.4, -0.2) is 55.9 Å². The molecule has 1 unspecified atom stereocenters. The summed E-state index contributed by atoms with van der Waals surface area (Å²) in [6.07, 6.45) is -5.73. The third kappa shape index (κ3) is 7.61. The Morgan fingerprint density at radius 3 is 2.39 bits per heavy atom. The number of likely N-dealkylation sites (tertiary alicyclic amines) is 1. The topological polar surface area (TPSA) is 69.7 Å². The largest absolute Gasteiger partial charge is 0.416 e. The molecule has 2 atom stereocenters. The van der Waals surface area contributed by atoms with E-state index in [4.69, 9.17) is 0 Å². The minimum Gasteiger partial charge on any atom is -0.349 e. The van der Waals surface area contributed by atoms with E-state index in [1.54, 1.807) is 0 Å². The van der Waals surface area contributed by atoms with Gasteiger partial charge >= 0.3 is 12.4 Å². The van der Waals surface area contributed by atoms with Gasteiger partial charge in [-0.05, 0) is 80.1 Å². The molecule has 0 saturated carbocycles. The molecule has 2 aromatic rings. The van der Waals surface area contributed by atoms with Crippen molar-refractivity contribution in [1.82, 2.24) is 14.5 Å². The maximum absolute atomic E-state index is 14.0. The van der Waals surface area contributed by atoms with Crippen LogP contribution in [0.2, 0.25) is 0 Å². The lowest BCUT2D eigenvalue weighted by Gasteiger charge is -2.31. The zero-order valence-corrected chi connectivity index (χ0v) is 23.4. The first-order valence-electron chi connectivity index (χ1n) is 13.5. The van der Waals surface area contributed by atoms with Gasteiger partial charge in [-0.15, -0.1) is 0 Å². The molecule has 6 nitrogen and oxygen atoms in total. The van der Waals surface area contributed by atoms with E-state index in [0.29, 0.717) is 19.5 Å². The van der Waals surface area contributed by atoms with Gasteiger partial charge in [0.15, 0.2) is 0 Å². The molecule has 0 radical (unpaired) electrons. The number of amides is 1. The van der Waals surface area contributed by atoms with Gasteiger partial charge in [-0.1, -0.05) is 30.7 Å². The second kappa shape index (κ2) is 12.3. The van der Waals surface area contributed by atoms with Crippen molar-refractivity contribution in [1.29, 1.82) is 0 Å². The molecule has 1 aliphatic carbocycles. The van der Waals surface area contributed by atoms with Crippen LogP contribution in [-0.2, 0) is 34.0 Å². The number of rotatable bonds is 8. The number of fused-ring (bicyclic) bond motifs is 1. The highest BCUT2D eigenvalue weighted by Gasteiger charge is 2.48. The number of hydrogen-bond acceptors (Lipinski definition) is 4. The van der Waals surface area contributed by atoms with Gasteiger partial charge in [0.1, 0.15) is 6.04 Å². The number of sulfonamides is 1. The number of piperidine rings is 1. The van der Waals surface area contributed by atoms with E-state index in [1.165, 1.54) is 6.42 Å². The van der Waals surface area contributed by atoms with Gasteiger partial charge in [0.25, 0.3) is 0 Å². The first-order valence-corrected chi connectivity index (χ1v) is 15.0. The first kappa shape index (κ1) is 31.3. The zero-order valence-electron chi connectivity index (χ0n) is 22.6. The number of nitrogens with one attached hydrogen (secondary N) is 1. The van der Waals surface area contributed by atoms with Gasteiger partial charge in [-0.2, -0.15) is 30.6 Å². The number of aryl methyl sites for hydroxylation is 1. The normalized spacial score (nSPS) is 19.6. The van der Waals surface area contributed by atoms with Crippen LogP contribution in [0.5, 0.6) is 0 Å². The quantitative estimate of drug-likeness (QED) is 0.385. The fraction of sp³-hybridized carbons (Fsp3) is 0.536. The average Bonchev–Trinajstić information content (AvgIpc) is 2.91. The number of hydrogen-bond donors (Lipinski definition) is 1. The SMILES string of the molecule is CN(C(CC(=O)N[C@@H]1CCCc2cc(CN3CCCCC3)ccc21)C(F)(F)F)S(=O)(=O)c1cccc(C(F)(F)F)c1. The van der Waals surface area contributed by atoms with Crippen molar-refractivity contribution < 1.29 is 39.6 Å². The monoisotopic (exact) mass is 605 g/mol. The second-order valence-electron chi connectivity index (χ2n) is 10.7. The Balaban J connectivity index is 1.48. The maximum Gasteiger partial charge on any atom is 0.416 e. The lowest BCUT2D eigenvalue weighted by atomic mass is 9.86. The van der Waals surface area contributed by atoms with Crippen molar-refractivity contribution >= 4 is 15.9 Å². The number of benzene rings is 2. The summed E-state index contributed by atoms with van der Waals surface area (Å²) >= 11 is 0. The molecule has 4 rings (SSSR count). The fourth-order valence-corrected chi connectivity index (χ4v) is 6.93. The molecular weight excluding hydrogens is 572 g/mol. The van der Waals surface area contributed by atoms with Crippen LogP contribution in [0.15, 0.2) is 47.4 Å².